The van der Waals surface area contributed by atoms with E-state index in [1.165, 1.54) is 6.07 Å². The molecule has 1 aliphatic heterocycles. The molecule has 1 atom stereocenters. The van der Waals surface area contributed by atoms with Gasteiger partial charge in [0.15, 0.2) is 0 Å². The Kier molecular flexibility index (Phi) is 3.69. The minimum Gasteiger partial charge on any atom is -0.378 e. The summed E-state index contributed by atoms with van der Waals surface area (Å²) in [5, 5.41) is 3.31. The molecule has 0 radical (unpaired) electrons. The standard InChI is InChI=1S/C11H17N3O2/c1-16-7-9-5-10(15)14-11(13-9)8-3-2-4-12-6-8/h5,8,12H,2-4,6-7H2,1H3,(H,13,14,15). The van der Waals surface area contributed by atoms with Crippen LogP contribution in [0.2, 0.25) is 0 Å². The van der Waals surface area contributed by atoms with Crippen molar-refractivity contribution in [3.05, 3.63) is 27.9 Å². The molecule has 1 aromatic heterocycles. The van der Waals surface area contributed by atoms with Crippen LogP contribution < -0.4 is 10.9 Å². The summed E-state index contributed by atoms with van der Waals surface area (Å²) in [4.78, 5) is 18.7. The molecule has 2 heterocycles. The average Bonchev–Trinajstić information content (AvgIpc) is 2.30. The molecule has 0 amide bonds. The summed E-state index contributed by atoms with van der Waals surface area (Å²) >= 11 is 0. The second-order valence-electron chi connectivity index (χ2n) is 4.10. The molecular formula is C11H17N3O2. The van der Waals surface area contributed by atoms with Crippen molar-refractivity contribution in [3.8, 4) is 0 Å². The Balaban J connectivity index is 2.21. The van der Waals surface area contributed by atoms with Crippen LogP contribution in [-0.4, -0.2) is 30.2 Å². The zero-order valence-electron chi connectivity index (χ0n) is 9.45. The number of rotatable bonds is 3. The Morgan fingerprint density at radius 2 is 2.50 bits per heavy atom. The maximum absolute atomic E-state index is 11.5. The lowest BCUT2D eigenvalue weighted by atomic mass is 9.99. The Labute approximate surface area is 94.2 Å². The minimum absolute atomic E-state index is 0.0948. The highest BCUT2D eigenvalue weighted by Gasteiger charge is 2.17. The van der Waals surface area contributed by atoms with Gasteiger partial charge in [-0.15, -0.1) is 0 Å². The van der Waals surface area contributed by atoms with Crippen LogP contribution in [0.5, 0.6) is 0 Å². The smallest absolute Gasteiger partial charge is 0.251 e. The second kappa shape index (κ2) is 5.23. The van der Waals surface area contributed by atoms with Gasteiger partial charge in [-0.25, -0.2) is 4.98 Å². The summed E-state index contributed by atoms with van der Waals surface area (Å²) in [6.07, 6.45) is 2.20. The molecule has 5 heteroatoms. The molecule has 2 N–H and O–H groups in total. The number of H-pyrrole nitrogens is 1. The fourth-order valence-electron chi connectivity index (χ4n) is 2.03. The largest absolute Gasteiger partial charge is 0.378 e. The summed E-state index contributed by atoms with van der Waals surface area (Å²) in [5.41, 5.74) is 0.606. The fourth-order valence-corrected chi connectivity index (χ4v) is 2.03. The molecule has 1 unspecified atom stereocenters. The summed E-state index contributed by atoms with van der Waals surface area (Å²) in [6.45, 7) is 2.33. The molecule has 88 valence electrons. The number of hydrogen-bond donors (Lipinski definition) is 2. The van der Waals surface area contributed by atoms with E-state index in [0.717, 1.165) is 31.8 Å². The fraction of sp³-hybridized carbons (Fsp3) is 0.636. The van der Waals surface area contributed by atoms with Crippen LogP contribution in [-0.2, 0) is 11.3 Å². The van der Waals surface area contributed by atoms with Crippen molar-refractivity contribution in [1.29, 1.82) is 0 Å². The lowest BCUT2D eigenvalue weighted by molar-refractivity contribution is 0.181. The van der Waals surface area contributed by atoms with Crippen LogP contribution >= 0.6 is 0 Å². The molecule has 5 nitrogen and oxygen atoms in total. The Morgan fingerprint density at radius 1 is 1.62 bits per heavy atom. The zero-order chi connectivity index (χ0) is 11.4. The first-order valence-electron chi connectivity index (χ1n) is 5.59. The number of ether oxygens (including phenoxy) is 1. The quantitative estimate of drug-likeness (QED) is 0.777. The molecule has 1 aromatic rings. The Bertz CT molecular complexity index is 396. The first-order chi connectivity index (χ1) is 7.79. The van der Waals surface area contributed by atoms with Crippen LogP contribution in [0, 0.1) is 0 Å². The van der Waals surface area contributed by atoms with Gasteiger partial charge in [0.05, 0.1) is 12.3 Å². The molecule has 1 fully saturated rings. The van der Waals surface area contributed by atoms with Crippen LogP contribution in [0.1, 0.15) is 30.3 Å². The SMILES string of the molecule is COCc1cc(=O)[nH]c(C2CCCNC2)n1. The third-order valence-electron chi connectivity index (χ3n) is 2.79. The third-order valence-corrected chi connectivity index (χ3v) is 2.79. The monoisotopic (exact) mass is 223 g/mol. The van der Waals surface area contributed by atoms with E-state index in [-0.39, 0.29) is 5.56 Å². The van der Waals surface area contributed by atoms with E-state index in [9.17, 15) is 4.79 Å². The van der Waals surface area contributed by atoms with Gasteiger partial charge in [0.2, 0.25) is 0 Å². The lowest BCUT2D eigenvalue weighted by Gasteiger charge is -2.21. The van der Waals surface area contributed by atoms with Gasteiger partial charge in [-0.2, -0.15) is 0 Å². The van der Waals surface area contributed by atoms with Gasteiger partial charge < -0.3 is 15.0 Å². The van der Waals surface area contributed by atoms with E-state index in [0.29, 0.717) is 18.2 Å². The number of nitrogens with one attached hydrogen (secondary N) is 2. The first kappa shape index (κ1) is 11.3. The Hall–Kier alpha value is -1.20. The highest BCUT2D eigenvalue weighted by Crippen LogP contribution is 2.18. The molecule has 1 aliphatic rings. The summed E-state index contributed by atoms with van der Waals surface area (Å²) < 4.78 is 4.99. The summed E-state index contributed by atoms with van der Waals surface area (Å²) in [5.74, 6) is 1.10. The van der Waals surface area contributed by atoms with Crippen LogP contribution in [0.15, 0.2) is 10.9 Å². The highest BCUT2D eigenvalue weighted by atomic mass is 16.5. The predicted molar refractivity (Wildman–Crippen MR) is 60.4 cm³/mol. The van der Waals surface area contributed by atoms with E-state index in [1.54, 1.807) is 7.11 Å². The minimum atomic E-state index is -0.0948. The van der Waals surface area contributed by atoms with Gasteiger partial charge in [0.25, 0.3) is 5.56 Å². The maximum Gasteiger partial charge on any atom is 0.251 e. The molecule has 16 heavy (non-hydrogen) atoms. The molecule has 0 bridgehead atoms. The second-order valence-corrected chi connectivity index (χ2v) is 4.10. The van der Waals surface area contributed by atoms with E-state index < -0.39 is 0 Å². The van der Waals surface area contributed by atoms with Crippen molar-refractivity contribution in [2.75, 3.05) is 20.2 Å². The van der Waals surface area contributed by atoms with Crippen molar-refractivity contribution in [1.82, 2.24) is 15.3 Å². The first-order valence-corrected chi connectivity index (χ1v) is 5.59. The maximum atomic E-state index is 11.5. The van der Waals surface area contributed by atoms with Gasteiger partial charge >= 0.3 is 0 Å². The lowest BCUT2D eigenvalue weighted by Crippen LogP contribution is -2.30. The van der Waals surface area contributed by atoms with Crippen molar-refractivity contribution >= 4 is 0 Å². The number of methoxy groups -OCH3 is 1. The predicted octanol–water partition coefficient (Wildman–Crippen LogP) is 0.383. The van der Waals surface area contributed by atoms with E-state index in [2.05, 4.69) is 15.3 Å². The van der Waals surface area contributed by atoms with E-state index in [1.807, 2.05) is 0 Å². The Morgan fingerprint density at radius 3 is 3.19 bits per heavy atom. The summed E-state index contributed by atoms with van der Waals surface area (Å²) in [6, 6.07) is 1.49. The average molecular weight is 223 g/mol. The zero-order valence-corrected chi connectivity index (χ0v) is 9.45. The number of aromatic amines is 1. The van der Waals surface area contributed by atoms with Crippen LogP contribution in [0.3, 0.4) is 0 Å². The highest BCUT2D eigenvalue weighted by molar-refractivity contribution is 5.06. The molecule has 0 saturated carbocycles. The molecule has 0 aliphatic carbocycles. The summed E-state index contributed by atoms with van der Waals surface area (Å²) in [7, 11) is 1.60. The molecular weight excluding hydrogens is 206 g/mol. The van der Waals surface area contributed by atoms with Crippen molar-refractivity contribution in [2.24, 2.45) is 0 Å². The van der Waals surface area contributed by atoms with Gasteiger partial charge in [0, 0.05) is 25.6 Å². The van der Waals surface area contributed by atoms with Gasteiger partial charge in [-0.1, -0.05) is 0 Å². The molecule has 2 rings (SSSR count). The third kappa shape index (κ3) is 2.68. The number of aromatic nitrogens is 2. The number of piperidine rings is 1. The van der Waals surface area contributed by atoms with Crippen LogP contribution in [0.25, 0.3) is 0 Å². The normalized spacial score (nSPS) is 20.9. The van der Waals surface area contributed by atoms with Gasteiger partial charge in [-0.05, 0) is 19.4 Å². The van der Waals surface area contributed by atoms with Crippen molar-refractivity contribution in [2.45, 2.75) is 25.4 Å². The van der Waals surface area contributed by atoms with Crippen LogP contribution in [0.4, 0.5) is 0 Å². The van der Waals surface area contributed by atoms with E-state index in [4.69, 9.17) is 4.74 Å². The topological polar surface area (TPSA) is 67.0 Å². The number of hydrogen-bond acceptors (Lipinski definition) is 4. The molecule has 0 aromatic carbocycles. The van der Waals surface area contributed by atoms with Gasteiger partial charge in [-0.3, -0.25) is 4.79 Å². The van der Waals surface area contributed by atoms with Crippen molar-refractivity contribution in [3.63, 3.8) is 0 Å². The molecule has 0 spiro atoms. The van der Waals surface area contributed by atoms with Gasteiger partial charge in [0.1, 0.15) is 5.82 Å². The van der Waals surface area contributed by atoms with E-state index >= 15 is 0 Å². The number of nitrogens with zero attached hydrogens (tertiary/aromatic N) is 1. The van der Waals surface area contributed by atoms with Crippen molar-refractivity contribution < 1.29 is 4.74 Å². The molecule has 1 saturated heterocycles.